The maximum Gasteiger partial charge on any atom is 0.150 e. The summed E-state index contributed by atoms with van der Waals surface area (Å²) in [6.45, 7) is 1.73. The third-order valence-corrected chi connectivity index (χ3v) is 3.58. The van der Waals surface area contributed by atoms with E-state index in [4.69, 9.17) is 11.6 Å². The Bertz CT molecular complexity index is 557. The molecule has 15 heavy (non-hydrogen) atoms. The van der Waals surface area contributed by atoms with Crippen LogP contribution in [0.1, 0.15) is 5.56 Å². The van der Waals surface area contributed by atoms with E-state index in [0.717, 1.165) is 0 Å². The molecule has 0 amide bonds. The van der Waals surface area contributed by atoms with Crippen LogP contribution in [0.15, 0.2) is 12.3 Å². The van der Waals surface area contributed by atoms with Crippen molar-refractivity contribution in [2.24, 2.45) is 0 Å². The number of aryl methyl sites for hydroxylation is 1. The Hall–Kier alpha value is -0.490. The zero-order chi connectivity index (χ0) is 11.2. The van der Waals surface area contributed by atoms with Gasteiger partial charge in [-0.15, -0.1) is 0 Å². The van der Waals surface area contributed by atoms with E-state index in [-0.39, 0.29) is 19.5 Å². The highest BCUT2D eigenvalue weighted by atomic mass is 127. The first-order chi connectivity index (χ1) is 7.02. The van der Waals surface area contributed by atoms with Crippen molar-refractivity contribution in [2.45, 2.75) is 6.92 Å². The van der Waals surface area contributed by atoms with Crippen molar-refractivity contribution in [1.29, 1.82) is 0 Å². The number of nitrogens with zero attached hydrogens (tertiary/aromatic N) is 1. The smallest absolute Gasteiger partial charge is 0.150 e. The molecule has 0 aliphatic heterocycles. The Kier molecular flexibility index (Phi) is 2.81. The lowest BCUT2D eigenvalue weighted by Crippen LogP contribution is -1.94. The van der Waals surface area contributed by atoms with Crippen molar-refractivity contribution < 1.29 is 8.78 Å². The van der Waals surface area contributed by atoms with E-state index in [1.807, 2.05) is 0 Å². The normalized spacial score (nSPS) is 11.0. The molecule has 78 valence electrons. The van der Waals surface area contributed by atoms with E-state index < -0.39 is 11.6 Å². The van der Waals surface area contributed by atoms with E-state index in [9.17, 15) is 8.78 Å². The van der Waals surface area contributed by atoms with Crippen LogP contribution >= 0.6 is 34.2 Å². The minimum Gasteiger partial charge on any atom is -0.256 e. The molecule has 0 aliphatic carbocycles. The second-order valence-corrected chi connectivity index (χ2v) is 4.59. The van der Waals surface area contributed by atoms with E-state index in [2.05, 4.69) is 4.98 Å². The molecule has 0 radical (unpaired) electrons. The van der Waals surface area contributed by atoms with Crippen LogP contribution in [0.4, 0.5) is 8.78 Å². The Morgan fingerprint density at radius 3 is 2.73 bits per heavy atom. The third kappa shape index (κ3) is 1.69. The molecular formula is C10H5ClF2IN. The van der Waals surface area contributed by atoms with Crippen molar-refractivity contribution >= 4 is 45.1 Å². The Morgan fingerprint density at radius 1 is 1.40 bits per heavy atom. The van der Waals surface area contributed by atoms with Gasteiger partial charge in [-0.25, -0.2) is 8.78 Å². The summed E-state index contributed by atoms with van der Waals surface area (Å²) >= 11 is 7.56. The molecule has 0 aliphatic rings. The summed E-state index contributed by atoms with van der Waals surface area (Å²) in [6.07, 6.45) is 1.50. The fourth-order valence-electron chi connectivity index (χ4n) is 1.31. The topological polar surface area (TPSA) is 12.9 Å². The molecule has 0 saturated heterocycles. The van der Waals surface area contributed by atoms with Gasteiger partial charge < -0.3 is 0 Å². The summed E-state index contributed by atoms with van der Waals surface area (Å²) in [5.41, 5.74) is 0.909. The van der Waals surface area contributed by atoms with Gasteiger partial charge in [0.05, 0.1) is 19.5 Å². The summed E-state index contributed by atoms with van der Waals surface area (Å²) < 4.78 is 26.9. The van der Waals surface area contributed by atoms with Gasteiger partial charge in [0.15, 0.2) is 0 Å². The van der Waals surface area contributed by atoms with Gasteiger partial charge >= 0.3 is 0 Å². The molecule has 0 atom stereocenters. The molecule has 1 nitrogen and oxygen atoms in total. The second-order valence-electron chi connectivity index (χ2n) is 3.14. The monoisotopic (exact) mass is 339 g/mol. The average molecular weight is 340 g/mol. The Balaban J connectivity index is 3.00. The van der Waals surface area contributed by atoms with Crippen molar-refractivity contribution in [2.75, 3.05) is 0 Å². The standard InChI is InChI=1S/C10H5ClF2IN/c1-4-3-15-6-2-5(12)10(14)9(13)7(6)8(4)11/h2-3H,1H3. The van der Waals surface area contributed by atoms with Crippen molar-refractivity contribution in [3.05, 3.63) is 38.1 Å². The summed E-state index contributed by atoms with van der Waals surface area (Å²) in [6, 6.07) is 1.19. The average Bonchev–Trinajstić information content (AvgIpc) is 2.20. The maximum absolute atomic E-state index is 13.7. The van der Waals surface area contributed by atoms with Gasteiger partial charge in [0.1, 0.15) is 11.6 Å². The molecule has 1 aromatic carbocycles. The Morgan fingerprint density at radius 2 is 2.07 bits per heavy atom. The number of aromatic nitrogens is 1. The lowest BCUT2D eigenvalue weighted by molar-refractivity contribution is 0.579. The molecule has 5 heteroatoms. The van der Waals surface area contributed by atoms with Crippen LogP contribution in [0, 0.1) is 22.1 Å². The first-order valence-electron chi connectivity index (χ1n) is 4.10. The van der Waals surface area contributed by atoms with Crippen molar-refractivity contribution in [3.8, 4) is 0 Å². The van der Waals surface area contributed by atoms with Gasteiger partial charge in [-0.05, 0) is 35.1 Å². The number of hydrogen-bond acceptors (Lipinski definition) is 1. The highest BCUT2D eigenvalue weighted by molar-refractivity contribution is 14.1. The van der Waals surface area contributed by atoms with Gasteiger partial charge in [0.25, 0.3) is 0 Å². The molecule has 1 aromatic heterocycles. The SMILES string of the molecule is Cc1cnc2cc(F)c(I)c(F)c2c1Cl. The van der Waals surface area contributed by atoms with Gasteiger partial charge in [0, 0.05) is 12.3 Å². The van der Waals surface area contributed by atoms with E-state index in [1.165, 1.54) is 12.3 Å². The molecule has 2 rings (SSSR count). The summed E-state index contributed by atoms with van der Waals surface area (Å²) in [5.74, 6) is -1.26. The molecule has 0 bridgehead atoms. The van der Waals surface area contributed by atoms with Crippen LogP contribution in [0.3, 0.4) is 0 Å². The lowest BCUT2D eigenvalue weighted by Gasteiger charge is -2.06. The van der Waals surface area contributed by atoms with Crippen LogP contribution in [-0.4, -0.2) is 4.98 Å². The molecule has 2 aromatic rings. The lowest BCUT2D eigenvalue weighted by atomic mass is 10.1. The quantitative estimate of drug-likeness (QED) is 0.521. The number of pyridine rings is 1. The number of benzene rings is 1. The van der Waals surface area contributed by atoms with E-state index >= 15 is 0 Å². The van der Waals surface area contributed by atoms with Gasteiger partial charge in [-0.2, -0.15) is 0 Å². The predicted molar refractivity (Wildman–Crippen MR) is 64.1 cm³/mol. The summed E-state index contributed by atoms with van der Waals surface area (Å²) in [5, 5.41) is 0.470. The van der Waals surface area contributed by atoms with Gasteiger partial charge in [0.2, 0.25) is 0 Å². The number of halogens is 4. The fraction of sp³-hybridized carbons (Fsp3) is 0.100. The minimum absolute atomic E-state index is 0.0607. The van der Waals surface area contributed by atoms with Crippen LogP contribution in [0.25, 0.3) is 10.9 Å². The third-order valence-electron chi connectivity index (χ3n) is 2.10. The molecule has 0 spiro atoms. The molecule has 0 unspecified atom stereocenters. The highest BCUT2D eigenvalue weighted by Gasteiger charge is 2.15. The van der Waals surface area contributed by atoms with Gasteiger partial charge in [-0.1, -0.05) is 11.6 Å². The molecule has 0 saturated carbocycles. The predicted octanol–water partition coefficient (Wildman–Crippen LogP) is 4.08. The Labute approximate surface area is 104 Å². The number of fused-ring (bicyclic) bond motifs is 1. The summed E-state index contributed by atoms with van der Waals surface area (Å²) in [7, 11) is 0. The van der Waals surface area contributed by atoms with Crippen LogP contribution in [0.2, 0.25) is 5.02 Å². The van der Waals surface area contributed by atoms with E-state index in [1.54, 1.807) is 29.5 Å². The van der Waals surface area contributed by atoms with Crippen LogP contribution in [-0.2, 0) is 0 Å². The minimum atomic E-state index is -0.646. The molecule has 1 heterocycles. The first kappa shape index (κ1) is 11.0. The van der Waals surface area contributed by atoms with Crippen molar-refractivity contribution in [3.63, 3.8) is 0 Å². The second kappa shape index (κ2) is 3.83. The number of rotatable bonds is 0. The van der Waals surface area contributed by atoms with Crippen LogP contribution in [0.5, 0.6) is 0 Å². The zero-order valence-corrected chi connectivity index (χ0v) is 10.5. The summed E-state index contributed by atoms with van der Waals surface area (Å²) in [4.78, 5) is 3.94. The molecule has 0 fully saturated rings. The number of hydrogen-bond donors (Lipinski definition) is 0. The fourth-order valence-corrected chi connectivity index (χ4v) is 1.97. The molecular weight excluding hydrogens is 334 g/mol. The van der Waals surface area contributed by atoms with Gasteiger partial charge in [-0.3, -0.25) is 4.98 Å². The largest absolute Gasteiger partial charge is 0.256 e. The van der Waals surface area contributed by atoms with Crippen LogP contribution < -0.4 is 0 Å². The molecule has 0 N–H and O–H groups in total. The van der Waals surface area contributed by atoms with E-state index in [0.29, 0.717) is 5.56 Å². The van der Waals surface area contributed by atoms with Crippen molar-refractivity contribution in [1.82, 2.24) is 4.98 Å². The highest BCUT2D eigenvalue weighted by Crippen LogP contribution is 2.31. The zero-order valence-electron chi connectivity index (χ0n) is 7.61. The maximum atomic E-state index is 13.7. The first-order valence-corrected chi connectivity index (χ1v) is 5.56.